The van der Waals surface area contributed by atoms with Crippen LogP contribution in [-0.4, -0.2) is 15.8 Å². The Hall–Kier alpha value is -1.60. The summed E-state index contributed by atoms with van der Waals surface area (Å²) in [5, 5.41) is 7.82. The second-order valence-electron chi connectivity index (χ2n) is 1.90. The van der Waals surface area contributed by atoms with Crippen molar-refractivity contribution in [2.24, 2.45) is 5.10 Å². The molecule has 3 heteroatoms. The lowest BCUT2D eigenvalue weighted by molar-refractivity contribution is 0.740. The summed E-state index contributed by atoms with van der Waals surface area (Å²) in [4.78, 5) is 1.53. The van der Waals surface area contributed by atoms with E-state index in [0.717, 1.165) is 5.69 Å². The molecule has 0 unspecified atom stereocenters. The first-order chi connectivity index (χ1) is 4.97. The van der Waals surface area contributed by atoms with E-state index in [-0.39, 0.29) is 0 Å². The van der Waals surface area contributed by atoms with Gasteiger partial charge in [0, 0.05) is 11.9 Å². The third-order valence-corrected chi connectivity index (χ3v) is 1.24. The van der Waals surface area contributed by atoms with E-state index in [1.165, 1.54) is 4.79 Å². The number of allylic oxidation sites excluding steroid dienone is 2. The topological polar surface area (TPSA) is 30.2 Å². The molecule has 1 aliphatic rings. The molecule has 2 rings (SSSR count). The quantitative estimate of drug-likeness (QED) is 0.514. The highest BCUT2D eigenvalue weighted by Gasteiger charge is 1.94. The van der Waals surface area contributed by atoms with Gasteiger partial charge in [-0.15, -0.1) is 9.89 Å². The number of nitrogens with zero attached hydrogens (tertiary/aromatic N) is 3. The maximum absolute atomic E-state index is 3.93. The van der Waals surface area contributed by atoms with Crippen LogP contribution in [0.1, 0.15) is 5.69 Å². The molecule has 1 aromatic heterocycles. The smallest absolute Gasteiger partial charge is 0.0880 e. The van der Waals surface area contributed by atoms with E-state index >= 15 is 0 Å². The third-order valence-electron chi connectivity index (χ3n) is 1.24. The van der Waals surface area contributed by atoms with Gasteiger partial charge in [-0.1, -0.05) is 6.08 Å². The van der Waals surface area contributed by atoms with Crippen molar-refractivity contribution in [3.8, 4) is 0 Å². The zero-order chi connectivity index (χ0) is 6.81. The van der Waals surface area contributed by atoms with Crippen molar-refractivity contribution in [1.29, 1.82) is 0 Å². The van der Waals surface area contributed by atoms with Crippen LogP contribution in [0, 0.1) is 0 Å². The Morgan fingerprint density at radius 1 is 1.50 bits per heavy atom. The van der Waals surface area contributed by atoms with Crippen LogP contribution >= 0.6 is 0 Å². The van der Waals surface area contributed by atoms with E-state index in [4.69, 9.17) is 0 Å². The molecule has 0 saturated heterocycles. The average molecular weight is 131 g/mol. The van der Waals surface area contributed by atoms with Crippen molar-refractivity contribution in [2.75, 3.05) is 0 Å². The molecule has 0 saturated carbocycles. The zero-order valence-electron chi connectivity index (χ0n) is 5.23. The lowest BCUT2D eigenvalue weighted by atomic mass is 10.4. The van der Waals surface area contributed by atoms with Crippen LogP contribution in [0.2, 0.25) is 0 Å². The van der Waals surface area contributed by atoms with Gasteiger partial charge in [0.05, 0.1) is 11.9 Å². The number of aromatic nitrogens is 2. The summed E-state index contributed by atoms with van der Waals surface area (Å²) in [5.74, 6) is 2.70. The fourth-order valence-electron chi connectivity index (χ4n) is 0.790. The molecule has 0 fully saturated rings. The monoisotopic (exact) mass is 131 g/mol. The van der Waals surface area contributed by atoms with Gasteiger partial charge < -0.3 is 0 Å². The Bertz CT molecular complexity index is 326. The number of hydrogen-bond donors (Lipinski definition) is 0. The fraction of sp³-hybridized carbons (Fsp3) is 0. The summed E-state index contributed by atoms with van der Waals surface area (Å²) in [6, 6.07) is 1.89. The van der Waals surface area contributed by atoms with Crippen LogP contribution in [0.4, 0.5) is 0 Å². The molecular weight excluding hydrogens is 126 g/mol. The predicted octanol–water partition coefficient (Wildman–Crippen LogP) is 0.899. The van der Waals surface area contributed by atoms with Gasteiger partial charge in [0.25, 0.3) is 0 Å². The summed E-state index contributed by atoms with van der Waals surface area (Å²) in [5.41, 5.74) is 0.973. The molecule has 3 nitrogen and oxygen atoms in total. The number of fused-ring (bicyclic) bond motifs is 1. The minimum absolute atomic E-state index is 0.973. The Labute approximate surface area is 58.0 Å². The Kier molecular flexibility index (Phi) is 1.03. The maximum atomic E-state index is 3.93. The van der Waals surface area contributed by atoms with Gasteiger partial charge in [-0.2, -0.15) is 5.10 Å². The molecule has 0 aliphatic carbocycles. The highest BCUT2D eigenvalue weighted by Crippen LogP contribution is 2.01. The zero-order valence-corrected chi connectivity index (χ0v) is 5.23. The van der Waals surface area contributed by atoms with Crippen LogP contribution in [0.3, 0.4) is 0 Å². The molecule has 10 heavy (non-hydrogen) atoms. The lowest BCUT2D eigenvalue weighted by Gasteiger charge is -1.88. The highest BCUT2D eigenvalue weighted by atomic mass is 15.5. The number of hydrogen-bond acceptors (Lipinski definition) is 2. The van der Waals surface area contributed by atoms with Gasteiger partial charge in [-0.05, 0) is 12.1 Å². The van der Waals surface area contributed by atoms with Crippen molar-refractivity contribution in [3.05, 3.63) is 30.1 Å². The van der Waals surface area contributed by atoms with Crippen molar-refractivity contribution < 1.29 is 0 Å². The van der Waals surface area contributed by atoms with Crippen LogP contribution in [0.25, 0.3) is 6.08 Å². The Balaban J connectivity index is 2.68. The van der Waals surface area contributed by atoms with Gasteiger partial charge >= 0.3 is 0 Å². The molecule has 2 heterocycles. The molecule has 0 N–H and O–H groups in total. The van der Waals surface area contributed by atoms with Gasteiger partial charge in [-0.25, -0.2) is 0 Å². The first kappa shape index (κ1) is 5.21. The molecule has 0 spiro atoms. The van der Waals surface area contributed by atoms with Crippen LogP contribution in [0.15, 0.2) is 29.5 Å². The number of rotatable bonds is 0. The van der Waals surface area contributed by atoms with Crippen molar-refractivity contribution in [1.82, 2.24) is 9.89 Å². The summed E-state index contributed by atoms with van der Waals surface area (Å²) in [6.45, 7) is 0. The Morgan fingerprint density at radius 2 is 2.50 bits per heavy atom. The normalized spacial score (nSPS) is 13.2. The fourth-order valence-corrected chi connectivity index (χ4v) is 0.790. The molecule has 1 aliphatic heterocycles. The van der Waals surface area contributed by atoms with Gasteiger partial charge in [0.15, 0.2) is 0 Å². The molecule has 1 aromatic rings. The summed E-state index contributed by atoms with van der Waals surface area (Å²) in [6.07, 6.45) is 7.26. The van der Waals surface area contributed by atoms with Crippen LogP contribution in [-0.2, 0) is 0 Å². The largest absolute Gasteiger partial charge is 0.158 e. The van der Waals surface area contributed by atoms with E-state index in [0.29, 0.717) is 0 Å². The van der Waals surface area contributed by atoms with Crippen molar-refractivity contribution in [2.45, 2.75) is 0 Å². The van der Waals surface area contributed by atoms with E-state index in [1.54, 1.807) is 12.3 Å². The predicted molar refractivity (Wildman–Crippen MR) is 38.7 cm³/mol. The second-order valence-corrected chi connectivity index (χ2v) is 1.90. The molecule has 0 atom stereocenters. The van der Waals surface area contributed by atoms with Crippen LogP contribution < -0.4 is 0 Å². The first-order valence-corrected chi connectivity index (χ1v) is 2.97. The van der Waals surface area contributed by atoms with E-state index in [2.05, 4.69) is 16.1 Å². The minimum atomic E-state index is 0.973. The summed E-state index contributed by atoms with van der Waals surface area (Å²) < 4.78 is 0. The van der Waals surface area contributed by atoms with E-state index in [1.807, 2.05) is 18.2 Å². The molecule has 48 valence electrons. The van der Waals surface area contributed by atoms with Crippen molar-refractivity contribution >= 4 is 11.9 Å². The highest BCUT2D eigenvalue weighted by molar-refractivity contribution is 5.61. The Morgan fingerprint density at radius 3 is 3.50 bits per heavy atom. The summed E-state index contributed by atoms with van der Waals surface area (Å²) >= 11 is 0. The minimum Gasteiger partial charge on any atom is -0.158 e. The maximum Gasteiger partial charge on any atom is 0.0880 e. The van der Waals surface area contributed by atoms with Gasteiger partial charge in [-0.3, -0.25) is 0 Å². The molecule has 0 radical (unpaired) electrons. The van der Waals surface area contributed by atoms with Crippen molar-refractivity contribution in [3.63, 3.8) is 0 Å². The van der Waals surface area contributed by atoms with Gasteiger partial charge in [0.1, 0.15) is 0 Å². The second kappa shape index (κ2) is 1.97. The molecule has 0 bridgehead atoms. The first-order valence-electron chi connectivity index (χ1n) is 2.97. The van der Waals surface area contributed by atoms with Crippen LogP contribution in [0.5, 0.6) is 0 Å². The standard InChI is InChI=1S/C7H5N3/c1-2-5-8-10-7(3-1)4-6-9-10/h1-4,6H. The lowest BCUT2D eigenvalue weighted by Crippen LogP contribution is -1.90. The molecular formula is C7H5N3. The third kappa shape index (κ3) is 0.694. The van der Waals surface area contributed by atoms with E-state index < -0.39 is 0 Å². The van der Waals surface area contributed by atoms with E-state index in [9.17, 15) is 0 Å². The van der Waals surface area contributed by atoms with Gasteiger partial charge in [0.2, 0.25) is 0 Å². The molecule has 0 aromatic carbocycles. The summed E-state index contributed by atoms with van der Waals surface area (Å²) in [7, 11) is 0. The average Bonchev–Trinajstić information content (AvgIpc) is 2.28. The molecule has 0 amide bonds. The SMILES string of the molecule is C1=CC=Cc2ccnn2N=1.